The van der Waals surface area contributed by atoms with Crippen molar-refractivity contribution in [2.45, 2.75) is 64.4 Å². The lowest BCUT2D eigenvalue weighted by Crippen LogP contribution is -2.31. The van der Waals surface area contributed by atoms with Crippen LogP contribution >= 0.6 is 27.7 Å². The predicted molar refractivity (Wildman–Crippen MR) is 146 cm³/mol. The molecule has 1 aliphatic heterocycles. The van der Waals surface area contributed by atoms with E-state index in [-0.39, 0.29) is 6.10 Å². The highest BCUT2D eigenvalue weighted by molar-refractivity contribution is 9.10. The van der Waals surface area contributed by atoms with Crippen LogP contribution in [0.3, 0.4) is 0 Å². The molecule has 9 heteroatoms. The first-order valence-electron chi connectivity index (χ1n) is 12.1. The first-order chi connectivity index (χ1) is 17.4. The number of nitrogens with zero attached hydrogens (tertiary/aromatic N) is 3. The number of aromatic nitrogens is 3. The molecule has 0 amide bonds. The molecule has 0 bridgehead atoms. The van der Waals surface area contributed by atoms with E-state index in [0.29, 0.717) is 34.7 Å². The molecule has 0 radical (unpaired) electrons. The summed E-state index contributed by atoms with van der Waals surface area (Å²) in [5.41, 5.74) is 3.02. The lowest BCUT2D eigenvalue weighted by atomic mass is 9.95. The molecule has 0 aliphatic carbocycles. The Balaban J connectivity index is 1.78. The van der Waals surface area contributed by atoms with Gasteiger partial charge in [-0.1, -0.05) is 71.4 Å². The molecule has 190 valence electrons. The maximum Gasteiger partial charge on any atom is 0.338 e. The molecule has 4 rings (SSSR count). The van der Waals surface area contributed by atoms with Gasteiger partial charge < -0.3 is 14.8 Å². The van der Waals surface area contributed by atoms with Gasteiger partial charge in [-0.2, -0.15) is 4.98 Å². The van der Waals surface area contributed by atoms with Crippen molar-refractivity contribution in [1.29, 1.82) is 0 Å². The molecule has 0 fully saturated rings. The summed E-state index contributed by atoms with van der Waals surface area (Å²) in [6, 6.07) is 15.2. The molecule has 0 saturated carbocycles. The Kier molecular flexibility index (Phi) is 8.74. The van der Waals surface area contributed by atoms with Crippen LogP contribution in [-0.2, 0) is 16.1 Å². The van der Waals surface area contributed by atoms with Crippen molar-refractivity contribution in [2.75, 3.05) is 11.1 Å². The van der Waals surface area contributed by atoms with E-state index in [1.165, 1.54) is 0 Å². The van der Waals surface area contributed by atoms with Crippen LogP contribution in [0.2, 0.25) is 0 Å². The smallest absolute Gasteiger partial charge is 0.338 e. The zero-order valence-corrected chi connectivity index (χ0v) is 23.4. The fourth-order valence-corrected chi connectivity index (χ4v) is 5.22. The maximum absolute atomic E-state index is 13.4. The van der Waals surface area contributed by atoms with Crippen molar-refractivity contribution in [2.24, 2.45) is 0 Å². The fourth-order valence-electron chi connectivity index (χ4n) is 3.93. The summed E-state index contributed by atoms with van der Waals surface area (Å²) in [5, 5.41) is 8.75. The van der Waals surface area contributed by atoms with Crippen LogP contribution in [0.4, 0.5) is 5.95 Å². The first-order valence-corrected chi connectivity index (χ1v) is 13.9. The van der Waals surface area contributed by atoms with Gasteiger partial charge in [-0.25, -0.2) is 9.48 Å². The molecule has 0 saturated heterocycles. The van der Waals surface area contributed by atoms with Gasteiger partial charge in [-0.3, -0.25) is 0 Å². The number of carbonyl (C=O) groups is 1. The predicted octanol–water partition coefficient (Wildman–Crippen LogP) is 6.75. The van der Waals surface area contributed by atoms with Crippen LogP contribution in [0.25, 0.3) is 0 Å². The minimum atomic E-state index is -0.566. The van der Waals surface area contributed by atoms with Gasteiger partial charge in [0.2, 0.25) is 11.1 Å². The van der Waals surface area contributed by atoms with E-state index in [1.807, 2.05) is 69.3 Å². The largest absolute Gasteiger partial charge is 0.489 e. The Morgan fingerprint density at radius 1 is 1.22 bits per heavy atom. The number of esters is 1. The zero-order chi connectivity index (χ0) is 25.7. The van der Waals surface area contributed by atoms with Gasteiger partial charge in [0, 0.05) is 21.5 Å². The third-order valence-corrected chi connectivity index (χ3v) is 7.05. The van der Waals surface area contributed by atoms with E-state index in [1.54, 1.807) is 16.4 Å². The van der Waals surface area contributed by atoms with Crippen molar-refractivity contribution in [3.63, 3.8) is 0 Å². The SMILES string of the molecule is CCCCSc1nc2n(n1)C(c1cc(Br)ccc1OCc1ccccc1)C(C(=O)OC(C)C)=C(C)N2. The molecular formula is C27H31BrN4O3S. The molecule has 1 unspecified atom stereocenters. The van der Waals surface area contributed by atoms with Gasteiger partial charge in [0.25, 0.3) is 0 Å². The van der Waals surface area contributed by atoms with Gasteiger partial charge in [0.15, 0.2) is 0 Å². The number of thioether (sulfide) groups is 1. The summed E-state index contributed by atoms with van der Waals surface area (Å²) in [7, 11) is 0. The van der Waals surface area contributed by atoms with Crippen molar-refractivity contribution in [1.82, 2.24) is 14.8 Å². The normalized spacial score (nSPS) is 15.0. The Bertz CT molecular complexity index is 1240. The molecule has 2 aromatic carbocycles. The maximum atomic E-state index is 13.4. The molecule has 3 aromatic rings. The highest BCUT2D eigenvalue weighted by Crippen LogP contribution is 2.41. The first kappa shape index (κ1) is 26.3. The molecular weight excluding hydrogens is 540 g/mol. The average Bonchev–Trinajstić information content (AvgIpc) is 3.25. The minimum absolute atomic E-state index is 0.257. The lowest BCUT2D eigenvalue weighted by molar-refractivity contribution is -0.143. The lowest BCUT2D eigenvalue weighted by Gasteiger charge is -2.29. The molecule has 7 nitrogen and oxygen atoms in total. The third-order valence-electron chi connectivity index (χ3n) is 5.63. The fraction of sp³-hybridized carbons (Fsp3) is 0.370. The molecule has 1 atom stereocenters. The second kappa shape index (κ2) is 12.0. The Labute approximate surface area is 224 Å². The van der Waals surface area contributed by atoms with Crippen LogP contribution in [0.1, 0.15) is 57.7 Å². The Morgan fingerprint density at radius 2 is 2.00 bits per heavy atom. The quantitative estimate of drug-likeness (QED) is 0.164. The van der Waals surface area contributed by atoms with Crippen molar-refractivity contribution >= 4 is 39.6 Å². The molecule has 2 heterocycles. The summed E-state index contributed by atoms with van der Waals surface area (Å²) in [4.78, 5) is 18.1. The van der Waals surface area contributed by atoms with E-state index in [2.05, 4.69) is 28.2 Å². The number of ether oxygens (including phenoxy) is 2. The second-order valence-electron chi connectivity index (χ2n) is 8.84. The van der Waals surface area contributed by atoms with E-state index in [0.717, 1.165) is 34.2 Å². The summed E-state index contributed by atoms with van der Waals surface area (Å²) >= 11 is 5.22. The number of benzene rings is 2. The van der Waals surface area contributed by atoms with E-state index in [4.69, 9.17) is 19.6 Å². The number of fused-ring (bicyclic) bond motifs is 1. The number of halogens is 1. The number of hydrogen-bond acceptors (Lipinski definition) is 7. The zero-order valence-electron chi connectivity index (χ0n) is 21.0. The third kappa shape index (κ3) is 6.13. The van der Waals surface area contributed by atoms with Crippen molar-refractivity contribution in [3.8, 4) is 5.75 Å². The molecule has 0 spiro atoms. The second-order valence-corrected chi connectivity index (χ2v) is 10.8. The van der Waals surface area contributed by atoms with Crippen LogP contribution < -0.4 is 10.1 Å². The Hall–Kier alpha value is -2.78. The van der Waals surface area contributed by atoms with Gasteiger partial charge >= 0.3 is 5.97 Å². The molecule has 1 N–H and O–H groups in total. The highest BCUT2D eigenvalue weighted by atomic mass is 79.9. The van der Waals surface area contributed by atoms with Crippen LogP contribution in [-0.4, -0.2) is 32.6 Å². The standard InChI is InChI=1S/C27H31BrN4O3S/c1-5-6-14-36-27-30-26-29-18(4)23(25(33)35-17(2)3)24(32(26)31-27)21-15-20(28)12-13-22(21)34-16-19-10-8-7-9-11-19/h7-13,15,17,24H,5-6,14,16H2,1-4H3,(H,29,30,31). The molecule has 1 aromatic heterocycles. The van der Waals surface area contributed by atoms with Gasteiger partial charge in [-0.05, 0) is 51.0 Å². The topological polar surface area (TPSA) is 78.3 Å². The summed E-state index contributed by atoms with van der Waals surface area (Å²) in [6.45, 7) is 8.12. The number of allylic oxidation sites excluding steroid dienone is 1. The monoisotopic (exact) mass is 570 g/mol. The van der Waals surface area contributed by atoms with Gasteiger partial charge in [-0.15, -0.1) is 5.10 Å². The number of carbonyl (C=O) groups excluding carboxylic acids is 1. The van der Waals surface area contributed by atoms with Gasteiger partial charge in [0.05, 0.1) is 11.7 Å². The Morgan fingerprint density at radius 3 is 2.72 bits per heavy atom. The van der Waals surface area contributed by atoms with E-state index in [9.17, 15) is 4.79 Å². The van der Waals surface area contributed by atoms with Crippen molar-refractivity contribution in [3.05, 3.63) is 75.4 Å². The van der Waals surface area contributed by atoms with Crippen molar-refractivity contribution < 1.29 is 14.3 Å². The average molecular weight is 572 g/mol. The highest BCUT2D eigenvalue weighted by Gasteiger charge is 2.37. The number of nitrogens with one attached hydrogen (secondary N) is 1. The van der Waals surface area contributed by atoms with Crippen LogP contribution in [0.15, 0.2) is 69.4 Å². The van der Waals surface area contributed by atoms with E-state index < -0.39 is 12.0 Å². The summed E-state index contributed by atoms with van der Waals surface area (Å²) in [6.07, 6.45) is 1.93. The number of anilines is 1. The number of hydrogen-bond donors (Lipinski definition) is 1. The minimum Gasteiger partial charge on any atom is -0.489 e. The van der Waals surface area contributed by atoms with Gasteiger partial charge in [0.1, 0.15) is 18.4 Å². The number of unbranched alkanes of at least 4 members (excludes halogenated alkanes) is 1. The summed E-state index contributed by atoms with van der Waals surface area (Å²) in [5.74, 6) is 1.79. The van der Waals surface area contributed by atoms with Crippen LogP contribution in [0.5, 0.6) is 5.75 Å². The number of rotatable bonds is 10. The van der Waals surface area contributed by atoms with E-state index >= 15 is 0 Å². The summed E-state index contributed by atoms with van der Waals surface area (Å²) < 4.78 is 14.6. The molecule has 1 aliphatic rings. The molecule has 36 heavy (non-hydrogen) atoms. The van der Waals surface area contributed by atoms with Crippen LogP contribution in [0, 0.1) is 0 Å².